The fourth-order valence-electron chi connectivity index (χ4n) is 2.17. The van der Waals surface area contributed by atoms with E-state index in [1.807, 2.05) is 6.92 Å². The summed E-state index contributed by atoms with van der Waals surface area (Å²) in [5, 5.41) is 8.94. The molecule has 0 saturated carbocycles. The highest BCUT2D eigenvalue weighted by Gasteiger charge is 2.41. The van der Waals surface area contributed by atoms with Crippen molar-refractivity contribution in [3.63, 3.8) is 0 Å². The van der Waals surface area contributed by atoms with Crippen LogP contribution in [0.1, 0.15) is 34.8 Å². The Hall–Kier alpha value is -0.960. The number of hydrogen-bond acceptors (Lipinski definition) is 5. The van der Waals surface area contributed by atoms with Crippen LogP contribution in [-0.2, 0) is 14.8 Å². The molecule has 2 N–H and O–H groups in total. The van der Waals surface area contributed by atoms with Gasteiger partial charge in [-0.1, -0.05) is 0 Å². The van der Waals surface area contributed by atoms with Gasteiger partial charge in [0.1, 0.15) is 4.88 Å². The molecule has 2 atom stereocenters. The number of carboxylic acids is 1. The third kappa shape index (κ3) is 2.73. The molecule has 0 aromatic carbocycles. The minimum absolute atomic E-state index is 0.0174. The van der Waals surface area contributed by atoms with Crippen LogP contribution >= 0.6 is 11.3 Å². The van der Waals surface area contributed by atoms with E-state index in [4.69, 9.17) is 9.84 Å². The zero-order valence-corrected chi connectivity index (χ0v) is 13.1. The summed E-state index contributed by atoms with van der Waals surface area (Å²) in [5.41, 5.74) is -0.670. The minimum Gasteiger partial charge on any atom is -0.477 e. The summed E-state index contributed by atoms with van der Waals surface area (Å²) in [6.45, 7) is 5.71. The first-order valence-corrected chi connectivity index (χ1v) is 8.45. The summed E-state index contributed by atoms with van der Waals surface area (Å²) in [6.07, 6.45) is 0.359. The number of aromatic carboxylic acids is 1. The number of sulfonamides is 1. The van der Waals surface area contributed by atoms with Gasteiger partial charge in [-0.05, 0) is 33.3 Å². The van der Waals surface area contributed by atoms with Gasteiger partial charge in [0.25, 0.3) is 0 Å². The maximum atomic E-state index is 12.4. The monoisotopic (exact) mass is 319 g/mol. The lowest BCUT2D eigenvalue weighted by Crippen LogP contribution is -2.50. The van der Waals surface area contributed by atoms with Crippen molar-refractivity contribution >= 4 is 27.3 Å². The number of ether oxygens (including phenoxy) is 1. The Bertz CT molecular complexity index is 636. The Morgan fingerprint density at radius 3 is 2.70 bits per heavy atom. The van der Waals surface area contributed by atoms with E-state index in [1.165, 1.54) is 6.07 Å². The Morgan fingerprint density at radius 1 is 1.60 bits per heavy atom. The largest absolute Gasteiger partial charge is 0.477 e. The van der Waals surface area contributed by atoms with E-state index in [1.54, 1.807) is 13.8 Å². The summed E-state index contributed by atoms with van der Waals surface area (Å²) in [7, 11) is -3.76. The molecule has 1 aliphatic heterocycles. The third-order valence-corrected chi connectivity index (χ3v) is 6.53. The van der Waals surface area contributed by atoms with Crippen LogP contribution in [-0.4, -0.2) is 37.7 Å². The van der Waals surface area contributed by atoms with Gasteiger partial charge in [0.05, 0.1) is 16.5 Å². The molecule has 1 aromatic heterocycles. The molecule has 0 amide bonds. The molecule has 2 rings (SSSR count). The topological polar surface area (TPSA) is 92.7 Å². The summed E-state index contributed by atoms with van der Waals surface area (Å²) < 4.78 is 32.9. The predicted octanol–water partition coefficient (Wildman–Crippen LogP) is 1.60. The lowest BCUT2D eigenvalue weighted by atomic mass is 9.97. The molecule has 2 unspecified atom stereocenters. The normalized spacial score (nSPS) is 26.9. The fraction of sp³-hybridized carbons (Fsp3) is 0.583. The highest BCUT2D eigenvalue weighted by molar-refractivity contribution is 7.89. The number of carbonyl (C=O) groups is 1. The van der Waals surface area contributed by atoms with E-state index in [0.29, 0.717) is 17.9 Å². The molecule has 1 aromatic rings. The van der Waals surface area contributed by atoms with Crippen molar-refractivity contribution < 1.29 is 23.1 Å². The number of rotatable bonds is 4. The highest BCUT2D eigenvalue weighted by atomic mass is 32.2. The summed E-state index contributed by atoms with van der Waals surface area (Å²) in [6, 6.07) is 1.20. The summed E-state index contributed by atoms with van der Waals surface area (Å²) >= 11 is 0.957. The van der Waals surface area contributed by atoms with Gasteiger partial charge in [0, 0.05) is 11.5 Å². The summed E-state index contributed by atoms with van der Waals surface area (Å²) in [4.78, 5) is 11.4. The van der Waals surface area contributed by atoms with Crippen molar-refractivity contribution in [2.45, 2.75) is 43.7 Å². The third-order valence-electron chi connectivity index (χ3n) is 3.63. The second-order valence-electron chi connectivity index (χ2n) is 5.12. The molecule has 1 fully saturated rings. The molecular weight excluding hydrogens is 302 g/mol. The van der Waals surface area contributed by atoms with E-state index >= 15 is 0 Å². The number of thiophene rings is 1. The predicted molar refractivity (Wildman–Crippen MR) is 74.8 cm³/mol. The van der Waals surface area contributed by atoms with Crippen LogP contribution in [0.15, 0.2) is 11.0 Å². The zero-order valence-electron chi connectivity index (χ0n) is 11.5. The van der Waals surface area contributed by atoms with Gasteiger partial charge in [-0.3, -0.25) is 0 Å². The van der Waals surface area contributed by atoms with Crippen molar-refractivity contribution in [3.05, 3.63) is 15.8 Å². The molecule has 2 heterocycles. The lowest BCUT2D eigenvalue weighted by Gasteiger charge is -2.28. The van der Waals surface area contributed by atoms with E-state index in [9.17, 15) is 13.2 Å². The lowest BCUT2D eigenvalue weighted by molar-refractivity contribution is 0.0702. The van der Waals surface area contributed by atoms with Gasteiger partial charge in [0.15, 0.2) is 0 Å². The molecule has 20 heavy (non-hydrogen) atoms. The minimum atomic E-state index is -3.76. The first kappa shape index (κ1) is 15.4. The maximum absolute atomic E-state index is 12.4. The molecule has 112 valence electrons. The Labute approximate surface area is 121 Å². The van der Waals surface area contributed by atoms with Gasteiger partial charge in [-0.25, -0.2) is 17.9 Å². The smallest absolute Gasteiger partial charge is 0.345 e. The van der Waals surface area contributed by atoms with Crippen molar-refractivity contribution in [1.82, 2.24) is 4.72 Å². The van der Waals surface area contributed by atoms with E-state index in [0.717, 1.165) is 11.3 Å². The molecule has 1 saturated heterocycles. The van der Waals surface area contributed by atoms with Crippen molar-refractivity contribution in [2.75, 3.05) is 6.61 Å². The molecule has 0 bridgehead atoms. The highest BCUT2D eigenvalue weighted by Crippen LogP contribution is 2.30. The Morgan fingerprint density at radius 2 is 2.25 bits per heavy atom. The maximum Gasteiger partial charge on any atom is 0.345 e. The fourth-order valence-corrected chi connectivity index (χ4v) is 5.09. The average molecular weight is 319 g/mol. The Balaban J connectivity index is 2.34. The second-order valence-corrected chi connectivity index (χ2v) is 8.03. The van der Waals surface area contributed by atoms with Gasteiger partial charge in [0.2, 0.25) is 10.0 Å². The summed E-state index contributed by atoms with van der Waals surface area (Å²) in [5.74, 6) is -1.12. The van der Waals surface area contributed by atoms with Crippen LogP contribution in [0, 0.1) is 6.92 Å². The Kier molecular flexibility index (Phi) is 3.94. The zero-order chi connectivity index (χ0) is 15.1. The van der Waals surface area contributed by atoms with Crippen molar-refractivity contribution in [1.29, 1.82) is 0 Å². The van der Waals surface area contributed by atoms with Crippen LogP contribution in [0.2, 0.25) is 0 Å². The molecular formula is C12H17NO5S2. The van der Waals surface area contributed by atoms with E-state index in [-0.39, 0.29) is 15.9 Å². The van der Waals surface area contributed by atoms with Crippen LogP contribution in [0.5, 0.6) is 0 Å². The SMILES string of the molecule is Cc1sc(C(=O)O)cc1S(=O)(=O)NC1(C)CCOC1C. The van der Waals surface area contributed by atoms with Gasteiger partial charge in [-0.2, -0.15) is 0 Å². The molecule has 1 aliphatic rings. The van der Waals surface area contributed by atoms with Gasteiger partial charge >= 0.3 is 5.97 Å². The van der Waals surface area contributed by atoms with Gasteiger partial charge in [-0.15, -0.1) is 11.3 Å². The van der Waals surface area contributed by atoms with Gasteiger partial charge < -0.3 is 9.84 Å². The number of nitrogens with one attached hydrogen (secondary N) is 1. The quantitative estimate of drug-likeness (QED) is 0.879. The average Bonchev–Trinajstić information content (AvgIpc) is 2.84. The molecule has 0 aliphatic carbocycles. The number of hydrogen-bond donors (Lipinski definition) is 2. The van der Waals surface area contributed by atoms with Crippen molar-refractivity contribution in [3.8, 4) is 0 Å². The van der Waals surface area contributed by atoms with Crippen LogP contribution < -0.4 is 4.72 Å². The molecule has 0 radical (unpaired) electrons. The van der Waals surface area contributed by atoms with Crippen LogP contribution in [0.25, 0.3) is 0 Å². The van der Waals surface area contributed by atoms with Crippen LogP contribution in [0.4, 0.5) is 0 Å². The van der Waals surface area contributed by atoms with Crippen LogP contribution in [0.3, 0.4) is 0 Å². The molecule has 6 nitrogen and oxygen atoms in total. The standard InChI is InChI=1S/C12H17NO5S2/c1-7-10(6-9(19-7)11(14)15)20(16,17)13-12(3)4-5-18-8(12)2/h6,8,13H,4-5H2,1-3H3,(H,14,15). The second kappa shape index (κ2) is 5.10. The number of aryl methyl sites for hydroxylation is 1. The first-order chi connectivity index (χ1) is 9.16. The first-order valence-electron chi connectivity index (χ1n) is 6.15. The van der Waals surface area contributed by atoms with E-state index < -0.39 is 21.5 Å². The van der Waals surface area contributed by atoms with Crippen molar-refractivity contribution in [2.24, 2.45) is 0 Å². The molecule has 8 heteroatoms. The number of carboxylic acid groups (broad SMARTS) is 1. The molecule has 0 spiro atoms. The van der Waals surface area contributed by atoms with E-state index in [2.05, 4.69) is 4.72 Å².